The lowest BCUT2D eigenvalue weighted by Gasteiger charge is -2.37. The summed E-state index contributed by atoms with van der Waals surface area (Å²) in [7, 11) is 0. The standard InChI is InChI=1S/C20H24N2O2S3/c1-4-6-10-21-17(23)16(18(24)22(20(21)25)11-7-5-2)19-26-14-9-8-13(3)12-15(14)27-19/h8-9,12H,4-7,10-11H2,1-3H3. The molecule has 1 aromatic rings. The van der Waals surface area contributed by atoms with Gasteiger partial charge in [-0.1, -0.05) is 56.3 Å². The molecular formula is C20H24N2O2S3. The molecule has 144 valence electrons. The van der Waals surface area contributed by atoms with E-state index < -0.39 is 0 Å². The second-order valence-electron chi connectivity index (χ2n) is 6.72. The zero-order chi connectivity index (χ0) is 19.6. The van der Waals surface area contributed by atoms with Gasteiger partial charge in [-0.25, -0.2) is 0 Å². The molecule has 0 spiro atoms. The van der Waals surface area contributed by atoms with Crippen LogP contribution in [0, 0.1) is 6.92 Å². The number of benzene rings is 1. The van der Waals surface area contributed by atoms with E-state index in [2.05, 4.69) is 32.0 Å². The van der Waals surface area contributed by atoms with Crippen molar-refractivity contribution < 1.29 is 9.59 Å². The molecule has 2 amide bonds. The first-order chi connectivity index (χ1) is 13.0. The summed E-state index contributed by atoms with van der Waals surface area (Å²) in [6.07, 6.45) is 3.67. The first kappa shape index (κ1) is 20.4. The fraction of sp³-hybridized carbons (Fsp3) is 0.450. The lowest BCUT2D eigenvalue weighted by Crippen LogP contribution is -2.56. The Kier molecular flexibility index (Phi) is 6.65. The van der Waals surface area contributed by atoms with E-state index in [0.29, 0.717) is 18.2 Å². The predicted octanol–water partition coefficient (Wildman–Crippen LogP) is 4.96. The van der Waals surface area contributed by atoms with Crippen molar-refractivity contribution in [3.63, 3.8) is 0 Å². The number of thioether (sulfide) groups is 2. The average molecular weight is 421 g/mol. The molecule has 2 heterocycles. The summed E-state index contributed by atoms with van der Waals surface area (Å²) in [5.41, 5.74) is 1.45. The van der Waals surface area contributed by atoms with E-state index in [1.807, 2.05) is 6.92 Å². The molecule has 0 radical (unpaired) electrons. The van der Waals surface area contributed by atoms with Crippen LogP contribution >= 0.6 is 35.7 Å². The molecule has 7 heteroatoms. The van der Waals surface area contributed by atoms with E-state index in [9.17, 15) is 9.59 Å². The summed E-state index contributed by atoms with van der Waals surface area (Å²) in [5.74, 6) is -0.489. The molecule has 3 rings (SSSR count). The third-order valence-electron chi connectivity index (χ3n) is 4.56. The van der Waals surface area contributed by atoms with Crippen molar-refractivity contribution >= 4 is 52.7 Å². The molecule has 0 aliphatic carbocycles. The highest BCUT2D eigenvalue weighted by molar-refractivity contribution is 8.24. The predicted molar refractivity (Wildman–Crippen MR) is 116 cm³/mol. The zero-order valence-corrected chi connectivity index (χ0v) is 18.4. The second-order valence-corrected chi connectivity index (χ2v) is 9.45. The van der Waals surface area contributed by atoms with Crippen LogP contribution in [0.3, 0.4) is 0 Å². The highest BCUT2D eigenvalue weighted by Gasteiger charge is 2.42. The van der Waals surface area contributed by atoms with Crippen LogP contribution in [0.4, 0.5) is 0 Å². The van der Waals surface area contributed by atoms with Gasteiger partial charge in [0.2, 0.25) is 0 Å². The molecule has 0 atom stereocenters. The number of fused-ring (bicyclic) bond motifs is 1. The van der Waals surface area contributed by atoms with Gasteiger partial charge in [0, 0.05) is 22.9 Å². The number of nitrogens with zero attached hydrogens (tertiary/aromatic N) is 2. The Hall–Kier alpha value is -1.31. The van der Waals surface area contributed by atoms with Gasteiger partial charge in [-0.2, -0.15) is 0 Å². The molecule has 1 fully saturated rings. The van der Waals surface area contributed by atoms with E-state index in [4.69, 9.17) is 12.2 Å². The van der Waals surface area contributed by atoms with Gasteiger partial charge >= 0.3 is 0 Å². The molecule has 0 saturated carbocycles. The summed E-state index contributed by atoms with van der Waals surface area (Å²) in [6.45, 7) is 7.33. The second kappa shape index (κ2) is 8.80. The summed E-state index contributed by atoms with van der Waals surface area (Å²) in [6, 6.07) is 6.22. The van der Waals surface area contributed by atoms with E-state index in [-0.39, 0.29) is 17.4 Å². The molecule has 0 aromatic heterocycles. The largest absolute Gasteiger partial charge is 0.284 e. The summed E-state index contributed by atoms with van der Waals surface area (Å²) in [4.78, 5) is 31.8. The first-order valence-corrected chi connectivity index (χ1v) is 11.4. The topological polar surface area (TPSA) is 40.6 Å². The van der Waals surface area contributed by atoms with Crippen molar-refractivity contribution in [2.45, 2.75) is 56.2 Å². The van der Waals surface area contributed by atoms with E-state index in [1.165, 1.54) is 29.1 Å². The molecule has 0 bridgehead atoms. The molecule has 0 N–H and O–H groups in total. The smallest absolute Gasteiger partial charge is 0.267 e. The highest BCUT2D eigenvalue weighted by Crippen LogP contribution is 2.53. The maximum absolute atomic E-state index is 13.2. The minimum absolute atomic E-state index is 0.245. The van der Waals surface area contributed by atoms with Crippen molar-refractivity contribution in [2.75, 3.05) is 13.1 Å². The van der Waals surface area contributed by atoms with Crippen LogP contribution in [0.2, 0.25) is 0 Å². The molecule has 1 aromatic carbocycles. The number of aryl methyl sites for hydroxylation is 1. The summed E-state index contributed by atoms with van der Waals surface area (Å²) < 4.78 is 0.774. The lowest BCUT2D eigenvalue weighted by molar-refractivity contribution is -0.133. The van der Waals surface area contributed by atoms with Crippen molar-refractivity contribution in [3.05, 3.63) is 33.6 Å². The van der Waals surface area contributed by atoms with Gasteiger partial charge in [-0.05, 0) is 49.7 Å². The minimum atomic E-state index is -0.245. The quantitative estimate of drug-likeness (QED) is 0.370. The van der Waals surface area contributed by atoms with Gasteiger partial charge in [-0.3, -0.25) is 19.4 Å². The number of rotatable bonds is 6. The van der Waals surface area contributed by atoms with Crippen molar-refractivity contribution in [1.29, 1.82) is 0 Å². The fourth-order valence-corrected chi connectivity index (χ4v) is 5.95. The maximum Gasteiger partial charge on any atom is 0.267 e. The zero-order valence-electron chi connectivity index (χ0n) is 15.9. The van der Waals surface area contributed by atoms with Gasteiger partial charge in [0.05, 0.1) is 4.24 Å². The van der Waals surface area contributed by atoms with Crippen LogP contribution < -0.4 is 0 Å². The lowest BCUT2D eigenvalue weighted by atomic mass is 10.1. The fourth-order valence-electron chi connectivity index (χ4n) is 2.98. The van der Waals surface area contributed by atoms with Crippen molar-refractivity contribution in [3.8, 4) is 0 Å². The van der Waals surface area contributed by atoms with Crippen LogP contribution in [-0.4, -0.2) is 39.8 Å². The number of carbonyl (C=O) groups is 2. The molecule has 0 unspecified atom stereocenters. The first-order valence-electron chi connectivity index (χ1n) is 9.36. The van der Waals surface area contributed by atoms with Crippen LogP contribution in [0.1, 0.15) is 45.1 Å². The summed E-state index contributed by atoms with van der Waals surface area (Å²) >= 11 is 8.56. The maximum atomic E-state index is 13.2. The van der Waals surface area contributed by atoms with E-state index >= 15 is 0 Å². The van der Waals surface area contributed by atoms with Gasteiger partial charge in [-0.15, -0.1) is 0 Å². The molecule has 1 saturated heterocycles. The number of amides is 2. The average Bonchev–Trinajstić information content (AvgIpc) is 3.04. The van der Waals surface area contributed by atoms with Crippen molar-refractivity contribution in [1.82, 2.24) is 9.80 Å². The van der Waals surface area contributed by atoms with Crippen molar-refractivity contribution in [2.24, 2.45) is 0 Å². The van der Waals surface area contributed by atoms with Crippen LogP contribution in [0.5, 0.6) is 0 Å². The van der Waals surface area contributed by atoms with E-state index in [1.54, 1.807) is 9.80 Å². The molecular weight excluding hydrogens is 396 g/mol. The number of carbonyl (C=O) groups excluding carboxylic acids is 2. The molecule has 4 nitrogen and oxygen atoms in total. The highest BCUT2D eigenvalue weighted by atomic mass is 32.2. The van der Waals surface area contributed by atoms with Gasteiger partial charge in [0.1, 0.15) is 5.57 Å². The number of thiocarbonyl (C=S) groups is 1. The molecule has 2 aliphatic heterocycles. The Balaban J connectivity index is 1.98. The monoisotopic (exact) mass is 420 g/mol. The third kappa shape index (κ3) is 4.10. The van der Waals surface area contributed by atoms with Crippen LogP contribution in [-0.2, 0) is 9.59 Å². The van der Waals surface area contributed by atoms with Gasteiger partial charge in [0.15, 0.2) is 5.11 Å². The Morgan fingerprint density at radius 2 is 1.48 bits per heavy atom. The number of hydrogen-bond acceptors (Lipinski definition) is 5. The Morgan fingerprint density at radius 3 is 2.04 bits per heavy atom. The Labute approximate surface area is 174 Å². The summed E-state index contributed by atoms with van der Waals surface area (Å²) in [5, 5.41) is 0.359. The third-order valence-corrected chi connectivity index (χ3v) is 7.54. The Morgan fingerprint density at radius 1 is 0.926 bits per heavy atom. The van der Waals surface area contributed by atoms with Crippen LogP contribution in [0.15, 0.2) is 37.8 Å². The normalized spacial score (nSPS) is 17.2. The van der Waals surface area contributed by atoms with Gasteiger partial charge in [0.25, 0.3) is 11.8 Å². The minimum Gasteiger partial charge on any atom is -0.284 e. The Bertz CT molecular complexity index is 787. The number of hydrogen-bond donors (Lipinski definition) is 0. The molecule has 2 aliphatic rings. The van der Waals surface area contributed by atoms with Gasteiger partial charge < -0.3 is 0 Å². The number of unbranched alkanes of at least 4 members (excludes halogenated alkanes) is 2. The molecule has 27 heavy (non-hydrogen) atoms. The SMILES string of the molecule is CCCCN1C(=O)C(=C2Sc3ccc(C)cc3S2)C(=O)N(CCCC)C1=S. The van der Waals surface area contributed by atoms with Crippen LogP contribution in [0.25, 0.3) is 0 Å². The van der Waals surface area contributed by atoms with E-state index in [0.717, 1.165) is 39.7 Å².